The maximum Gasteiger partial charge on any atom is 0.234 e. The molecule has 25 rings (SSSR count). The quantitative estimate of drug-likeness (QED) is 0.137. The van der Waals surface area contributed by atoms with Crippen LogP contribution in [0.3, 0.4) is 0 Å². The number of ketones is 3. The van der Waals surface area contributed by atoms with Crippen LogP contribution in [0.2, 0.25) is 0 Å². The van der Waals surface area contributed by atoms with Gasteiger partial charge in [0, 0.05) is 145 Å². The van der Waals surface area contributed by atoms with Crippen LogP contribution < -0.4 is 21.3 Å². The van der Waals surface area contributed by atoms with E-state index < -0.39 is 0 Å². The molecule has 4 N–H and O–H groups in total. The number of carbonyl (C=O) groups is 5. The molecule has 0 aromatic heterocycles. The Labute approximate surface area is 896 Å². The van der Waals surface area contributed by atoms with Gasteiger partial charge in [0.1, 0.15) is 17.3 Å². The highest BCUT2D eigenvalue weighted by Gasteiger charge is 2.68. The summed E-state index contributed by atoms with van der Waals surface area (Å²) in [5.41, 5.74) is 16.9. The van der Waals surface area contributed by atoms with Crippen LogP contribution in [0.25, 0.3) is 0 Å². The number of ether oxygens (including phenoxy) is 4. The number of hydrogen-bond donors (Lipinski definition) is 4. The van der Waals surface area contributed by atoms with Crippen molar-refractivity contribution in [1.29, 1.82) is 0 Å². The number of Topliss-reactive ketones (excluding diaryl/α,β-unsaturated/α-hetero) is 3. The first-order valence-corrected chi connectivity index (χ1v) is 63.1. The van der Waals surface area contributed by atoms with E-state index >= 15 is 0 Å². The number of hydrogen-bond acceptors (Lipinski definition) is 14. The molecule has 12 saturated carbocycles. The summed E-state index contributed by atoms with van der Waals surface area (Å²) in [5.74, 6) is 20.3. The third-order valence-electron chi connectivity index (χ3n) is 50.7. The van der Waals surface area contributed by atoms with Crippen molar-refractivity contribution < 1.29 is 42.9 Å². The van der Waals surface area contributed by atoms with Crippen molar-refractivity contribution in [2.24, 2.45) is 170 Å². The SMILES string of the molecule is CC1=C2C[C@H]3[C@@H](CC[C@@H]4CC(=O)CC[C@@]43C)[C@@H]2CC[C@@]2(C1)O[C@@H]1C[C@H](C)CN(CC(=O)NCCc3ccccc3)[C@H]1[C@H]2C.CC1=C2C[C@H]3[C@@H](CC[C@@H]4C[C@@H](C)CC[C@@]43C)[C@@H]2CC[C@@]2(C1)O[C@@H]1C[C@H](C)CN[C@H]1[C@H]2C.CCCC(=O)NCCN1C[C@@H](C)C[C@H]2O[C@]3(CC[C@@H]4C(=C(C)C3)C[C@H]3[C@H]4CC[C@@H]4CC(=O)CC[C@@]43C)[C@H](C)[C@@H]21.CNCCN1C[C@@H](C)C[C@H]2O[C@]3(CC[C@@H]4C(=C(C)C3)C[C@H]3[C@H]4CC[C@@H]4CC(=O)CC[C@@]43C)[C@H](C)[C@@H]21. The van der Waals surface area contributed by atoms with Gasteiger partial charge >= 0.3 is 0 Å². The van der Waals surface area contributed by atoms with Crippen molar-refractivity contribution in [1.82, 2.24) is 36.0 Å². The summed E-state index contributed by atoms with van der Waals surface area (Å²) >= 11 is 0. The Kier molecular flexibility index (Phi) is 31.0. The van der Waals surface area contributed by atoms with Gasteiger partial charge in [-0.25, -0.2) is 0 Å². The van der Waals surface area contributed by atoms with E-state index in [0.29, 0.717) is 160 Å². The van der Waals surface area contributed by atoms with Gasteiger partial charge in [-0.3, -0.25) is 38.7 Å². The number of allylic oxidation sites excluding steroid dienone is 4. The normalized spacial score (nSPS) is 48.2. The number of benzene rings is 1. The van der Waals surface area contributed by atoms with E-state index in [0.717, 1.165) is 237 Å². The van der Waals surface area contributed by atoms with E-state index in [2.05, 4.69) is 192 Å². The average molecular weight is 2030 g/mol. The summed E-state index contributed by atoms with van der Waals surface area (Å²) in [6, 6.07) is 12.3. The van der Waals surface area contributed by atoms with E-state index in [9.17, 15) is 24.0 Å². The van der Waals surface area contributed by atoms with Crippen LogP contribution >= 0.6 is 0 Å². The Balaban J connectivity index is 0.000000113. The molecular weight excluding hydrogens is 1830 g/mol. The molecule has 1 aromatic carbocycles. The van der Waals surface area contributed by atoms with Crippen molar-refractivity contribution in [3.8, 4) is 0 Å². The topological polar surface area (TPSA) is 180 Å². The Morgan fingerprint density at radius 1 is 0.385 bits per heavy atom. The summed E-state index contributed by atoms with van der Waals surface area (Å²) in [6.45, 7) is 53.8. The number of nitrogens with one attached hydrogen (secondary N) is 4. The molecule has 822 valence electrons. The maximum atomic E-state index is 13.2. The van der Waals surface area contributed by atoms with Crippen LogP contribution in [0.4, 0.5) is 0 Å². The van der Waals surface area contributed by atoms with E-state index in [1.54, 1.807) is 33.4 Å². The van der Waals surface area contributed by atoms with Gasteiger partial charge in [0.25, 0.3) is 0 Å². The van der Waals surface area contributed by atoms with Crippen LogP contribution in [0, 0.1) is 170 Å². The molecule has 0 unspecified atom stereocenters. The minimum atomic E-state index is -0.114. The Hall–Kier alpha value is -4.23. The zero-order chi connectivity index (χ0) is 104. The first-order valence-electron chi connectivity index (χ1n) is 63.1. The monoisotopic (exact) mass is 2030 g/mol. The summed E-state index contributed by atoms with van der Waals surface area (Å²) < 4.78 is 28.8. The number of likely N-dealkylation sites (N-methyl/N-ethyl adjacent to an activating group) is 1. The molecule has 4 spiro atoms. The lowest BCUT2D eigenvalue weighted by Gasteiger charge is -2.54. The highest BCUT2D eigenvalue weighted by Crippen LogP contribution is 2.72. The molecule has 8 saturated heterocycles. The summed E-state index contributed by atoms with van der Waals surface area (Å²) in [4.78, 5) is 70.1. The minimum Gasteiger partial charge on any atom is -0.369 e. The van der Waals surface area contributed by atoms with Crippen LogP contribution in [0.5, 0.6) is 0 Å². The van der Waals surface area contributed by atoms with Gasteiger partial charge in [0.2, 0.25) is 11.8 Å². The van der Waals surface area contributed by atoms with Crippen molar-refractivity contribution >= 4 is 29.2 Å². The highest BCUT2D eigenvalue weighted by atomic mass is 16.5. The van der Waals surface area contributed by atoms with Gasteiger partial charge < -0.3 is 40.2 Å². The Morgan fingerprint density at radius 3 is 1.16 bits per heavy atom. The van der Waals surface area contributed by atoms with E-state index in [4.69, 9.17) is 18.9 Å². The smallest absolute Gasteiger partial charge is 0.234 e. The van der Waals surface area contributed by atoms with Crippen LogP contribution in [0.1, 0.15) is 400 Å². The molecule has 2 amide bonds. The van der Waals surface area contributed by atoms with Gasteiger partial charge in [-0.1, -0.05) is 178 Å². The van der Waals surface area contributed by atoms with Crippen LogP contribution in [-0.2, 0) is 49.3 Å². The third kappa shape index (κ3) is 19.5. The molecule has 24 aliphatic rings. The first kappa shape index (κ1) is 108. The zero-order valence-electron chi connectivity index (χ0n) is 96.4. The predicted octanol–water partition coefficient (Wildman–Crippen LogP) is 25.4. The molecule has 8 heterocycles. The lowest BCUT2D eigenvalue weighted by Crippen LogP contribution is -2.54. The molecule has 0 bridgehead atoms. The second-order valence-corrected chi connectivity index (χ2v) is 58.7. The molecule has 0 radical (unpaired) electrons. The van der Waals surface area contributed by atoms with E-state index in [1.807, 2.05) is 17.2 Å². The summed E-state index contributed by atoms with van der Waals surface area (Å²) in [5, 5.41) is 13.6. The van der Waals surface area contributed by atoms with Crippen molar-refractivity contribution in [2.45, 2.75) is 472 Å². The number of nitrogens with zero attached hydrogens (tertiary/aromatic N) is 3. The number of likely N-dealkylation sites (tertiary alicyclic amines) is 3. The lowest BCUT2D eigenvalue weighted by molar-refractivity contribution is -0.130. The van der Waals surface area contributed by atoms with Crippen LogP contribution in [0.15, 0.2) is 74.9 Å². The highest BCUT2D eigenvalue weighted by molar-refractivity contribution is 5.81. The number of fused-ring (bicyclic) bond motifs is 24. The second-order valence-electron chi connectivity index (χ2n) is 58.7. The standard InChI is InChI=1S/C38H54N2O3.C34H54N2O3.C31H50N2O2.C29H47NO/c1-24-18-34-36(40(22-24)23-35(42)39-17-14-27-8-6-5-7-9-27)26(3)38(43-34)16-13-30-31-11-10-28-19-29(41)12-15-37(28,4)33(31)20-32(30)25(2)21-38;1-6-7-31(38)35-14-15-36-20-21(2)16-30-32(36)23(4)34(39-30)13-11-26-27-9-8-24-17-25(37)10-12-33(24,5)29(27)18-28(26)22(3)19-34;1-19-14-28-29(33(18-19)13-12-32-5)21(3)31(35-28)11-9-24-25-7-6-22-15-23(34)8-10-30(22,4)27(25)16-26(24)20(2)17-31;1-17-8-10-28(5)21(12-17)6-7-23-22-9-11-29(15-19(3)24(22)14-25(23)28)20(4)27-26(31-29)13-18(2)16-30-27/h5-9,24,26,28,30-31,33-34,36H,10-23H2,1-4H3,(H,39,42);21,23-24,26-27,29-30,32H,6-20H2,1-5H3,(H,35,38);19,21-22,24-25,27-29,32H,6-18H2,1-5H3;17-18,20-23,25-27,30H,6-16H2,1-5H3/t24-,26+,28+,30-,31-,33-,34+,36-,37-,38-;21-,23+,24+,26-,27-,29-,30+,32-,33-,34-;19-,21+,22+,24-,25-,27-,28+,29-,30-,31-;17-,18-,20+,21+,22-,23-,25-,26+,27-,28-,29-/m0000/s1. The fourth-order valence-corrected chi connectivity index (χ4v) is 42.8. The van der Waals surface area contributed by atoms with Gasteiger partial charge in [-0.15, -0.1) is 0 Å². The number of carbonyl (C=O) groups excluding carboxylic acids is 5. The van der Waals surface area contributed by atoms with Gasteiger partial charge in [0.05, 0.1) is 53.4 Å². The summed E-state index contributed by atoms with van der Waals surface area (Å²) in [7, 11) is 2.08. The van der Waals surface area contributed by atoms with Gasteiger partial charge in [0.15, 0.2) is 0 Å². The largest absolute Gasteiger partial charge is 0.369 e. The fourth-order valence-electron chi connectivity index (χ4n) is 42.8. The lowest BCUT2D eigenvalue weighted by atomic mass is 9.51. The molecule has 16 nitrogen and oxygen atoms in total. The Morgan fingerprint density at radius 2 is 0.750 bits per heavy atom. The minimum absolute atomic E-state index is 0.0343. The third-order valence-corrected chi connectivity index (χ3v) is 50.7. The van der Waals surface area contributed by atoms with Crippen molar-refractivity contribution in [3.05, 3.63) is 80.5 Å². The fraction of sp³-hybridized carbons (Fsp3) is 0.856. The molecular formula is C132H205N7O9. The second kappa shape index (κ2) is 42.5. The maximum absolute atomic E-state index is 13.2. The number of rotatable bonds is 13. The molecule has 1 aromatic rings. The van der Waals surface area contributed by atoms with E-state index in [1.165, 1.54) is 179 Å². The number of amides is 2. The zero-order valence-corrected chi connectivity index (χ0v) is 96.4. The van der Waals surface area contributed by atoms with Gasteiger partial charge in [-0.2, -0.15) is 0 Å². The first-order chi connectivity index (χ1) is 70.9. The van der Waals surface area contributed by atoms with Crippen LogP contribution in [-0.4, -0.2) is 187 Å². The number of piperidine rings is 4. The molecule has 16 heteroatoms. The van der Waals surface area contributed by atoms with E-state index in [-0.39, 0.29) is 40.3 Å². The molecule has 8 aliphatic heterocycles. The average Bonchev–Trinajstić information content (AvgIpc) is 1.57. The van der Waals surface area contributed by atoms with Gasteiger partial charge in [-0.05, 0) is 418 Å². The molecule has 20 fully saturated rings. The molecule has 16 aliphatic carbocycles. The molecule has 148 heavy (non-hydrogen) atoms. The summed E-state index contributed by atoms with van der Waals surface area (Å²) in [6.07, 6.45) is 52.0. The Bertz CT molecular complexity index is 5130. The van der Waals surface area contributed by atoms with Crippen molar-refractivity contribution in [2.75, 3.05) is 72.5 Å². The molecule has 41 atom stereocenters. The van der Waals surface area contributed by atoms with Crippen molar-refractivity contribution in [3.63, 3.8) is 0 Å². The predicted molar refractivity (Wildman–Crippen MR) is 595 cm³/mol.